The lowest BCUT2D eigenvalue weighted by molar-refractivity contribution is 0.0942. The fourth-order valence-corrected chi connectivity index (χ4v) is 2.57. The molecule has 0 heterocycles. The van der Waals surface area contributed by atoms with Gasteiger partial charge in [-0.05, 0) is 36.7 Å². The Morgan fingerprint density at radius 3 is 2.57 bits per heavy atom. The lowest BCUT2D eigenvalue weighted by Crippen LogP contribution is -2.21. The zero-order valence-corrected chi connectivity index (χ0v) is 8.20. The summed E-state index contributed by atoms with van der Waals surface area (Å²) in [6, 6.07) is 8.10. The van der Waals surface area contributed by atoms with Gasteiger partial charge in [-0.1, -0.05) is 24.3 Å². The van der Waals surface area contributed by atoms with Crippen molar-refractivity contribution in [3.63, 3.8) is 0 Å². The maximum atomic E-state index is 11.8. The molecule has 0 saturated heterocycles. The number of carbonyl (C=O) groups excluding carboxylic acids is 1. The van der Waals surface area contributed by atoms with E-state index < -0.39 is 0 Å². The summed E-state index contributed by atoms with van der Waals surface area (Å²) in [5, 5.41) is 0. The van der Waals surface area contributed by atoms with Crippen molar-refractivity contribution < 1.29 is 4.79 Å². The van der Waals surface area contributed by atoms with E-state index in [0.717, 1.165) is 24.3 Å². The summed E-state index contributed by atoms with van der Waals surface area (Å²) in [6.45, 7) is 0. The third-order valence-corrected chi connectivity index (χ3v) is 3.54. The van der Waals surface area contributed by atoms with Crippen LogP contribution in [0.3, 0.4) is 0 Å². The van der Waals surface area contributed by atoms with Crippen LogP contribution in [0, 0.1) is 11.8 Å². The van der Waals surface area contributed by atoms with Crippen LogP contribution in [-0.4, -0.2) is 5.78 Å². The summed E-state index contributed by atoms with van der Waals surface area (Å²) in [5.41, 5.74) is 2.25. The van der Waals surface area contributed by atoms with E-state index in [2.05, 4.69) is 6.07 Å². The Kier molecular flexibility index (Phi) is 1.73. The first kappa shape index (κ1) is 8.22. The third kappa shape index (κ3) is 1.28. The molecule has 0 bridgehead atoms. The van der Waals surface area contributed by atoms with Gasteiger partial charge in [0.2, 0.25) is 0 Å². The van der Waals surface area contributed by atoms with E-state index >= 15 is 0 Å². The molecule has 1 aromatic rings. The fraction of sp³-hybridized carbons (Fsp3) is 0.462. The van der Waals surface area contributed by atoms with E-state index in [4.69, 9.17) is 0 Å². The SMILES string of the molecule is O=C1CC(C2CC2)Cc2ccccc21. The summed E-state index contributed by atoms with van der Waals surface area (Å²) in [7, 11) is 0. The number of rotatable bonds is 1. The molecule has 1 nitrogen and oxygen atoms in total. The monoisotopic (exact) mass is 186 g/mol. The Bertz CT molecular complexity index is 377. The van der Waals surface area contributed by atoms with Crippen molar-refractivity contribution in [3.8, 4) is 0 Å². The Hall–Kier alpha value is -1.11. The van der Waals surface area contributed by atoms with Gasteiger partial charge >= 0.3 is 0 Å². The average molecular weight is 186 g/mol. The molecule has 1 fully saturated rings. The molecule has 0 spiro atoms. The van der Waals surface area contributed by atoms with Gasteiger partial charge in [-0.15, -0.1) is 0 Å². The standard InChI is InChI=1S/C13H14O/c14-13-8-11(9-5-6-9)7-10-3-1-2-4-12(10)13/h1-4,9,11H,5-8H2. The van der Waals surface area contributed by atoms with Crippen molar-refractivity contribution in [2.45, 2.75) is 25.7 Å². The first-order valence-electron chi connectivity index (χ1n) is 5.45. The summed E-state index contributed by atoms with van der Waals surface area (Å²) in [6.07, 6.45) is 4.62. The van der Waals surface area contributed by atoms with Crippen molar-refractivity contribution in [2.75, 3.05) is 0 Å². The first-order valence-corrected chi connectivity index (χ1v) is 5.45. The fourth-order valence-electron chi connectivity index (χ4n) is 2.57. The molecule has 2 aliphatic rings. The molecule has 0 aromatic heterocycles. The first-order chi connectivity index (χ1) is 6.84. The number of benzene rings is 1. The molecule has 0 amide bonds. The van der Waals surface area contributed by atoms with Crippen LogP contribution in [0.15, 0.2) is 24.3 Å². The predicted octanol–water partition coefficient (Wildman–Crippen LogP) is 2.84. The van der Waals surface area contributed by atoms with Crippen LogP contribution in [-0.2, 0) is 6.42 Å². The molecule has 1 atom stereocenters. The highest BCUT2D eigenvalue weighted by atomic mass is 16.1. The maximum absolute atomic E-state index is 11.8. The molecule has 2 aliphatic carbocycles. The number of carbonyl (C=O) groups is 1. The number of ketones is 1. The highest BCUT2D eigenvalue weighted by Gasteiger charge is 2.35. The molecule has 0 radical (unpaired) electrons. The van der Waals surface area contributed by atoms with Gasteiger partial charge in [0.1, 0.15) is 0 Å². The van der Waals surface area contributed by atoms with Crippen LogP contribution in [0.5, 0.6) is 0 Å². The van der Waals surface area contributed by atoms with Gasteiger partial charge in [0.15, 0.2) is 5.78 Å². The number of hydrogen-bond donors (Lipinski definition) is 0. The van der Waals surface area contributed by atoms with Crippen LogP contribution in [0.25, 0.3) is 0 Å². The van der Waals surface area contributed by atoms with E-state index in [1.165, 1.54) is 18.4 Å². The van der Waals surface area contributed by atoms with Gasteiger partial charge in [0.25, 0.3) is 0 Å². The predicted molar refractivity (Wildman–Crippen MR) is 55.3 cm³/mol. The number of hydrogen-bond acceptors (Lipinski definition) is 1. The van der Waals surface area contributed by atoms with E-state index in [9.17, 15) is 4.79 Å². The zero-order chi connectivity index (χ0) is 9.54. The third-order valence-electron chi connectivity index (χ3n) is 3.54. The molecule has 1 aromatic carbocycles. The lowest BCUT2D eigenvalue weighted by atomic mass is 9.81. The minimum absolute atomic E-state index is 0.365. The quantitative estimate of drug-likeness (QED) is 0.659. The molecule has 72 valence electrons. The largest absolute Gasteiger partial charge is 0.294 e. The van der Waals surface area contributed by atoms with Gasteiger partial charge in [-0.2, -0.15) is 0 Å². The topological polar surface area (TPSA) is 17.1 Å². The molecule has 0 aliphatic heterocycles. The minimum atomic E-state index is 0.365. The molecule has 3 rings (SSSR count). The number of Topliss-reactive ketones (excluding diaryl/α,β-unsaturated/α-hetero) is 1. The van der Waals surface area contributed by atoms with E-state index in [1.54, 1.807) is 0 Å². The normalized spacial score (nSPS) is 26.0. The highest BCUT2D eigenvalue weighted by Crippen LogP contribution is 2.43. The van der Waals surface area contributed by atoms with Crippen LogP contribution >= 0.6 is 0 Å². The van der Waals surface area contributed by atoms with E-state index in [0.29, 0.717) is 11.7 Å². The molecule has 0 N–H and O–H groups in total. The van der Waals surface area contributed by atoms with E-state index in [1.807, 2.05) is 18.2 Å². The second kappa shape index (κ2) is 2.94. The van der Waals surface area contributed by atoms with Crippen molar-refractivity contribution in [3.05, 3.63) is 35.4 Å². The Morgan fingerprint density at radius 1 is 1.00 bits per heavy atom. The zero-order valence-electron chi connectivity index (χ0n) is 8.20. The van der Waals surface area contributed by atoms with Crippen LogP contribution < -0.4 is 0 Å². The Morgan fingerprint density at radius 2 is 1.79 bits per heavy atom. The van der Waals surface area contributed by atoms with Gasteiger partial charge < -0.3 is 0 Å². The van der Waals surface area contributed by atoms with E-state index in [-0.39, 0.29) is 0 Å². The molecular formula is C13H14O. The summed E-state index contributed by atoms with van der Waals surface area (Å²) < 4.78 is 0. The minimum Gasteiger partial charge on any atom is -0.294 e. The summed E-state index contributed by atoms with van der Waals surface area (Å²) >= 11 is 0. The van der Waals surface area contributed by atoms with Gasteiger partial charge in [0.05, 0.1) is 0 Å². The van der Waals surface area contributed by atoms with Gasteiger partial charge in [-0.25, -0.2) is 0 Å². The van der Waals surface area contributed by atoms with Crippen molar-refractivity contribution >= 4 is 5.78 Å². The summed E-state index contributed by atoms with van der Waals surface area (Å²) in [5.74, 6) is 1.87. The number of fused-ring (bicyclic) bond motifs is 1. The Balaban J connectivity index is 1.95. The summed E-state index contributed by atoms with van der Waals surface area (Å²) in [4.78, 5) is 11.8. The smallest absolute Gasteiger partial charge is 0.163 e. The molecule has 1 unspecified atom stereocenters. The van der Waals surface area contributed by atoms with Crippen LogP contribution in [0.1, 0.15) is 35.2 Å². The maximum Gasteiger partial charge on any atom is 0.163 e. The van der Waals surface area contributed by atoms with Gasteiger partial charge in [-0.3, -0.25) is 4.79 Å². The second-order valence-electron chi connectivity index (χ2n) is 4.59. The van der Waals surface area contributed by atoms with Crippen molar-refractivity contribution in [1.82, 2.24) is 0 Å². The highest BCUT2D eigenvalue weighted by molar-refractivity contribution is 5.98. The van der Waals surface area contributed by atoms with Crippen LogP contribution in [0.2, 0.25) is 0 Å². The molecule has 1 saturated carbocycles. The molecule has 14 heavy (non-hydrogen) atoms. The molecular weight excluding hydrogens is 172 g/mol. The van der Waals surface area contributed by atoms with Gasteiger partial charge in [0, 0.05) is 12.0 Å². The average Bonchev–Trinajstić information content (AvgIpc) is 3.01. The second-order valence-corrected chi connectivity index (χ2v) is 4.59. The van der Waals surface area contributed by atoms with Crippen molar-refractivity contribution in [1.29, 1.82) is 0 Å². The lowest BCUT2D eigenvalue weighted by Gasteiger charge is -2.23. The Labute approximate surface area is 84.1 Å². The van der Waals surface area contributed by atoms with Crippen molar-refractivity contribution in [2.24, 2.45) is 11.8 Å². The molecule has 1 heteroatoms. The van der Waals surface area contributed by atoms with Crippen LogP contribution in [0.4, 0.5) is 0 Å².